The number of hydrazone groups is 1. The van der Waals surface area contributed by atoms with Gasteiger partial charge < -0.3 is 15.8 Å². The van der Waals surface area contributed by atoms with Gasteiger partial charge in [0.15, 0.2) is 0 Å². The van der Waals surface area contributed by atoms with Crippen LogP contribution in [0.25, 0.3) is 0 Å². The number of allylic oxidation sites excluding steroid dienone is 3. The predicted molar refractivity (Wildman–Crippen MR) is 153 cm³/mol. The van der Waals surface area contributed by atoms with Crippen molar-refractivity contribution in [2.45, 2.75) is 25.3 Å². The quantitative estimate of drug-likeness (QED) is 0.0709. The Balaban J connectivity index is 0.00000474. The molecular formula is C26H25ClF8N8O. The molecule has 4 N–H and O–H groups in total. The lowest BCUT2D eigenvalue weighted by Crippen LogP contribution is -2.33. The number of hydrogen-bond acceptors (Lipinski definition) is 5. The molecule has 2 aromatic rings. The SMILES string of the molecule is C=N/C(=N\C(=NCc1ccc(Cl)nc1)NC(=C)/C=C(\C(=C)F)C(F)(F)F)N/N=C/c1ccc(OC(F)(F)C(F)F)cc1.CN. The topological polar surface area (TPSA) is 122 Å². The van der Waals surface area contributed by atoms with Crippen molar-refractivity contribution in [2.24, 2.45) is 25.8 Å². The van der Waals surface area contributed by atoms with E-state index in [2.05, 4.69) is 66.2 Å². The van der Waals surface area contributed by atoms with Crippen LogP contribution in [0.5, 0.6) is 5.75 Å². The van der Waals surface area contributed by atoms with E-state index in [9.17, 15) is 35.1 Å². The molecule has 0 aliphatic carbocycles. The van der Waals surface area contributed by atoms with Gasteiger partial charge in [-0.3, -0.25) is 0 Å². The number of benzene rings is 1. The van der Waals surface area contributed by atoms with Gasteiger partial charge in [0.2, 0.25) is 11.9 Å². The van der Waals surface area contributed by atoms with Gasteiger partial charge in [-0.25, -0.2) is 24.8 Å². The smallest absolute Gasteiger partial charge is 0.428 e. The highest BCUT2D eigenvalue weighted by molar-refractivity contribution is 6.29. The maximum absolute atomic E-state index is 13.4. The van der Waals surface area contributed by atoms with Crippen LogP contribution in [0, 0.1) is 0 Å². The molecule has 0 unspecified atom stereocenters. The average Bonchev–Trinajstić information content (AvgIpc) is 2.95. The highest BCUT2D eigenvalue weighted by Gasteiger charge is 2.43. The van der Waals surface area contributed by atoms with Gasteiger partial charge in [0, 0.05) is 11.9 Å². The average molecular weight is 653 g/mol. The fraction of sp³-hybridized carbons (Fsp3) is 0.192. The fourth-order valence-electron chi connectivity index (χ4n) is 2.62. The summed E-state index contributed by atoms with van der Waals surface area (Å²) in [5.41, 5.74) is 5.54. The van der Waals surface area contributed by atoms with Crippen LogP contribution in [0.15, 0.2) is 99.0 Å². The van der Waals surface area contributed by atoms with E-state index in [1.807, 2.05) is 0 Å². The normalized spacial score (nSPS) is 12.9. The van der Waals surface area contributed by atoms with Gasteiger partial charge in [-0.15, -0.1) is 0 Å². The third-order valence-electron chi connectivity index (χ3n) is 4.52. The predicted octanol–water partition coefficient (Wildman–Crippen LogP) is 6.16. The first-order valence-electron chi connectivity index (χ1n) is 11.7. The standard InChI is InChI=1S/C25H20ClF8N7O.CH5N/c1-14(10-19(15(2)27)24(30,31)32)39-23(37-12-17-6-9-20(26)36-11-17)40-22(35-3)41-38-13-16-4-7-18(8-5-16)42-25(33,34)21(28)29;1-2/h4-11,13,21H,1-3,12H2,(H2,37,39,40,41);2H2,1H3/b19-10+,38-13+;. The number of nitrogens with zero attached hydrogens (tertiary/aromatic N) is 5. The molecule has 1 heterocycles. The van der Waals surface area contributed by atoms with Crippen molar-refractivity contribution in [3.8, 4) is 5.75 Å². The molecule has 1 aromatic heterocycles. The van der Waals surface area contributed by atoms with Crippen LogP contribution < -0.4 is 21.2 Å². The van der Waals surface area contributed by atoms with Crippen LogP contribution in [-0.4, -0.2) is 55.6 Å². The van der Waals surface area contributed by atoms with Crippen molar-refractivity contribution < 1.29 is 39.9 Å². The minimum atomic E-state index is -5.07. The number of aliphatic imine (C=N–C) groups is 3. The fourth-order valence-corrected chi connectivity index (χ4v) is 2.73. The van der Waals surface area contributed by atoms with Crippen molar-refractivity contribution in [1.29, 1.82) is 0 Å². The number of rotatable bonds is 10. The highest BCUT2D eigenvalue weighted by atomic mass is 35.5. The van der Waals surface area contributed by atoms with Gasteiger partial charge in [-0.1, -0.05) is 30.8 Å². The molecule has 44 heavy (non-hydrogen) atoms. The lowest BCUT2D eigenvalue weighted by atomic mass is 10.2. The van der Waals surface area contributed by atoms with E-state index in [-0.39, 0.29) is 23.6 Å². The summed E-state index contributed by atoms with van der Waals surface area (Å²) >= 11 is 5.75. The Morgan fingerprint density at radius 3 is 2.20 bits per heavy atom. The summed E-state index contributed by atoms with van der Waals surface area (Å²) in [6.07, 6.45) is -10.9. The molecule has 0 saturated heterocycles. The number of nitrogens with two attached hydrogens (primary N) is 1. The number of guanidine groups is 2. The van der Waals surface area contributed by atoms with E-state index < -0.39 is 41.6 Å². The molecule has 238 valence electrons. The van der Waals surface area contributed by atoms with Crippen LogP contribution in [0.4, 0.5) is 35.1 Å². The molecule has 0 atom stereocenters. The third kappa shape index (κ3) is 13.1. The second-order valence-electron chi connectivity index (χ2n) is 7.74. The number of pyridine rings is 1. The Morgan fingerprint density at radius 1 is 1.07 bits per heavy atom. The zero-order valence-electron chi connectivity index (χ0n) is 22.7. The molecule has 18 heteroatoms. The number of aromatic nitrogens is 1. The van der Waals surface area contributed by atoms with Gasteiger partial charge in [0.1, 0.15) is 16.7 Å². The van der Waals surface area contributed by atoms with Crippen LogP contribution in [0.3, 0.4) is 0 Å². The van der Waals surface area contributed by atoms with Crippen LogP contribution in [0.1, 0.15) is 11.1 Å². The molecule has 1 aromatic carbocycles. The molecule has 0 fully saturated rings. The van der Waals surface area contributed by atoms with E-state index in [4.69, 9.17) is 11.6 Å². The Bertz CT molecular complexity index is 1390. The summed E-state index contributed by atoms with van der Waals surface area (Å²) in [4.78, 5) is 15.6. The number of alkyl halides is 7. The summed E-state index contributed by atoms with van der Waals surface area (Å²) in [7, 11) is 1.50. The van der Waals surface area contributed by atoms with Crippen molar-refractivity contribution in [3.63, 3.8) is 0 Å². The Kier molecular flexibility index (Phi) is 14.8. The summed E-state index contributed by atoms with van der Waals surface area (Å²) < 4.78 is 107. The lowest BCUT2D eigenvalue weighted by Gasteiger charge is -2.16. The molecule has 2 rings (SSSR count). The summed E-state index contributed by atoms with van der Waals surface area (Å²) in [5.74, 6) is -2.95. The number of nitrogens with one attached hydrogen (secondary N) is 2. The lowest BCUT2D eigenvalue weighted by molar-refractivity contribution is -0.253. The summed E-state index contributed by atoms with van der Waals surface area (Å²) in [6.45, 7) is 9.26. The largest absolute Gasteiger partial charge is 0.461 e. The molecule has 0 spiro atoms. The second-order valence-corrected chi connectivity index (χ2v) is 8.12. The Morgan fingerprint density at radius 2 is 1.70 bits per heavy atom. The molecule has 0 aliphatic rings. The zero-order valence-corrected chi connectivity index (χ0v) is 23.5. The van der Waals surface area contributed by atoms with E-state index >= 15 is 0 Å². The maximum Gasteiger partial charge on any atom is 0.461 e. The van der Waals surface area contributed by atoms with Gasteiger partial charge >= 0.3 is 18.7 Å². The number of ether oxygens (including phenoxy) is 1. The van der Waals surface area contributed by atoms with E-state index in [0.717, 1.165) is 18.3 Å². The first kappa shape index (κ1) is 37.4. The molecule has 0 saturated carbocycles. The van der Waals surface area contributed by atoms with Crippen LogP contribution in [0.2, 0.25) is 5.15 Å². The number of halogens is 9. The van der Waals surface area contributed by atoms with Gasteiger partial charge in [0.05, 0.1) is 18.3 Å². The van der Waals surface area contributed by atoms with Crippen LogP contribution >= 0.6 is 11.6 Å². The van der Waals surface area contributed by atoms with Crippen molar-refractivity contribution in [3.05, 3.63) is 95.2 Å². The summed E-state index contributed by atoms with van der Waals surface area (Å²) in [6, 6.07) is 7.50. The van der Waals surface area contributed by atoms with Gasteiger partial charge in [-0.2, -0.15) is 40.8 Å². The van der Waals surface area contributed by atoms with Gasteiger partial charge in [-0.05, 0) is 61.3 Å². The molecule has 0 amide bonds. The minimum absolute atomic E-state index is 0.0956. The first-order valence-corrected chi connectivity index (χ1v) is 12.1. The number of hydrogen-bond donors (Lipinski definition) is 3. The van der Waals surface area contributed by atoms with Crippen molar-refractivity contribution in [2.75, 3.05) is 7.05 Å². The maximum atomic E-state index is 13.4. The van der Waals surface area contributed by atoms with Gasteiger partial charge in [0.25, 0.3) is 0 Å². The monoisotopic (exact) mass is 652 g/mol. The highest BCUT2D eigenvalue weighted by Crippen LogP contribution is 2.31. The van der Waals surface area contributed by atoms with E-state index in [1.165, 1.54) is 31.4 Å². The molecular weight excluding hydrogens is 628 g/mol. The van der Waals surface area contributed by atoms with E-state index in [1.54, 1.807) is 6.07 Å². The molecule has 0 bridgehead atoms. The van der Waals surface area contributed by atoms with E-state index in [0.29, 0.717) is 17.2 Å². The molecule has 0 aliphatic heterocycles. The second kappa shape index (κ2) is 17.5. The molecule has 0 radical (unpaired) electrons. The summed E-state index contributed by atoms with van der Waals surface area (Å²) in [5, 5.41) is 6.41. The Labute approximate surface area is 251 Å². The zero-order chi connectivity index (χ0) is 33.5. The Hall–Kier alpha value is -4.64. The minimum Gasteiger partial charge on any atom is -0.428 e. The van der Waals surface area contributed by atoms with Crippen molar-refractivity contribution in [1.82, 2.24) is 15.7 Å². The first-order chi connectivity index (χ1) is 20.6. The molecule has 9 nitrogen and oxygen atoms in total. The third-order valence-corrected chi connectivity index (χ3v) is 4.74. The van der Waals surface area contributed by atoms with Crippen LogP contribution in [-0.2, 0) is 6.54 Å². The van der Waals surface area contributed by atoms with Crippen molar-refractivity contribution >= 4 is 36.5 Å².